The number of benzene rings is 2. The summed E-state index contributed by atoms with van der Waals surface area (Å²) in [6.45, 7) is 0. The Hall–Kier alpha value is -3.07. The molecule has 0 atom stereocenters. The van der Waals surface area contributed by atoms with Crippen molar-refractivity contribution >= 4 is 16.2 Å². The molecule has 27 heavy (non-hydrogen) atoms. The third-order valence-electron chi connectivity index (χ3n) is 3.85. The van der Waals surface area contributed by atoms with Gasteiger partial charge in [-0.15, -0.1) is 0 Å². The third-order valence-corrected chi connectivity index (χ3v) is 5.51. The Morgan fingerprint density at radius 3 is 2.37 bits per heavy atom. The van der Waals surface area contributed by atoms with Gasteiger partial charge >= 0.3 is 0 Å². The SMILES string of the molecule is COc1c(C=N)cn(S(=O)(=O)c2cccc(F)c2)c1-c1ccc(F)cc1F. The van der Waals surface area contributed by atoms with Gasteiger partial charge in [-0.25, -0.2) is 25.6 Å². The summed E-state index contributed by atoms with van der Waals surface area (Å²) in [6.07, 6.45) is 1.89. The maximum atomic E-state index is 14.4. The Labute approximate surface area is 153 Å². The molecule has 0 saturated carbocycles. The normalized spacial score (nSPS) is 11.4. The second kappa shape index (κ2) is 6.92. The van der Waals surface area contributed by atoms with Crippen molar-refractivity contribution in [3.05, 3.63) is 71.7 Å². The van der Waals surface area contributed by atoms with E-state index >= 15 is 0 Å². The molecule has 5 nitrogen and oxygen atoms in total. The van der Waals surface area contributed by atoms with Crippen LogP contribution < -0.4 is 4.74 Å². The zero-order chi connectivity index (χ0) is 19.8. The molecule has 0 aliphatic heterocycles. The average molecular weight is 394 g/mol. The molecule has 0 fully saturated rings. The van der Waals surface area contributed by atoms with E-state index in [0.717, 1.165) is 36.7 Å². The van der Waals surface area contributed by atoms with E-state index in [9.17, 15) is 21.6 Å². The van der Waals surface area contributed by atoms with E-state index in [1.165, 1.54) is 19.2 Å². The summed E-state index contributed by atoms with van der Waals surface area (Å²) >= 11 is 0. The Kier molecular flexibility index (Phi) is 4.79. The zero-order valence-corrected chi connectivity index (χ0v) is 14.7. The van der Waals surface area contributed by atoms with Crippen LogP contribution in [-0.2, 0) is 10.0 Å². The minimum absolute atomic E-state index is 0.0520. The van der Waals surface area contributed by atoms with Gasteiger partial charge in [0, 0.05) is 24.0 Å². The molecule has 1 aromatic heterocycles. The van der Waals surface area contributed by atoms with Gasteiger partial charge in [-0.05, 0) is 30.3 Å². The van der Waals surface area contributed by atoms with Crippen LogP contribution in [0.4, 0.5) is 13.2 Å². The molecule has 0 amide bonds. The van der Waals surface area contributed by atoms with E-state index < -0.39 is 27.5 Å². The van der Waals surface area contributed by atoms with Crippen LogP contribution in [0, 0.1) is 22.9 Å². The number of methoxy groups -OCH3 is 1. The summed E-state index contributed by atoms with van der Waals surface area (Å²) < 4.78 is 73.1. The third kappa shape index (κ3) is 3.21. The van der Waals surface area contributed by atoms with Crippen molar-refractivity contribution < 1.29 is 26.3 Å². The quantitative estimate of drug-likeness (QED) is 0.669. The predicted molar refractivity (Wildman–Crippen MR) is 93.2 cm³/mol. The summed E-state index contributed by atoms with van der Waals surface area (Å²) in [5.74, 6) is -2.71. The van der Waals surface area contributed by atoms with Crippen LogP contribution in [-0.4, -0.2) is 25.7 Å². The number of rotatable bonds is 5. The highest BCUT2D eigenvalue weighted by atomic mass is 32.2. The lowest BCUT2D eigenvalue weighted by atomic mass is 10.1. The van der Waals surface area contributed by atoms with Gasteiger partial charge in [0.15, 0.2) is 5.75 Å². The van der Waals surface area contributed by atoms with Crippen LogP contribution in [0.1, 0.15) is 5.56 Å². The molecule has 0 spiro atoms. The number of aromatic nitrogens is 1. The molecule has 2 aromatic carbocycles. The van der Waals surface area contributed by atoms with E-state index in [1.54, 1.807) is 0 Å². The van der Waals surface area contributed by atoms with E-state index in [4.69, 9.17) is 10.1 Å². The summed E-state index contributed by atoms with van der Waals surface area (Å²) in [4.78, 5) is -0.375. The summed E-state index contributed by atoms with van der Waals surface area (Å²) in [5, 5.41) is 7.46. The van der Waals surface area contributed by atoms with E-state index in [0.29, 0.717) is 10.0 Å². The first-order chi connectivity index (χ1) is 12.8. The molecular formula is C18H13F3N2O3S. The fraction of sp³-hybridized carbons (Fsp3) is 0.0556. The molecule has 0 unspecified atom stereocenters. The first-order valence-electron chi connectivity index (χ1n) is 7.56. The van der Waals surface area contributed by atoms with Gasteiger partial charge in [0.2, 0.25) is 0 Å². The molecule has 1 N–H and O–H groups in total. The Morgan fingerprint density at radius 2 is 1.78 bits per heavy atom. The lowest BCUT2D eigenvalue weighted by molar-refractivity contribution is 0.416. The summed E-state index contributed by atoms with van der Waals surface area (Å²) in [7, 11) is -3.13. The molecule has 140 valence electrons. The predicted octanol–water partition coefficient (Wildman–Crippen LogP) is 3.82. The molecule has 9 heteroatoms. The number of nitrogens with one attached hydrogen (secondary N) is 1. The van der Waals surface area contributed by atoms with Crippen molar-refractivity contribution in [2.75, 3.05) is 7.11 Å². The van der Waals surface area contributed by atoms with Crippen molar-refractivity contribution in [2.24, 2.45) is 0 Å². The fourth-order valence-corrected chi connectivity index (χ4v) is 4.07. The largest absolute Gasteiger partial charge is 0.494 e. The number of hydrogen-bond acceptors (Lipinski definition) is 4. The molecule has 0 aliphatic carbocycles. The highest BCUT2D eigenvalue weighted by molar-refractivity contribution is 7.90. The maximum absolute atomic E-state index is 14.4. The summed E-state index contributed by atoms with van der Waals surface area (Å²) in [6, 6.07) is 6.93. The van der Waals surface area contributed by atoms with Crippen LogP contribution in [0.15, 0.2) is 53.6 Å². The van der Waals surface area contributed by atoms with Crippen molar-refractivity contribution in [2.45, 2.75) is 4.90 Å². The topological polar surface area (TPSA) is 72.2 Å². The average Bonchev–Trinajstić information content (AvgIpc) is 3.01. The van der Waals surface area contributed by atoms with Crippen molar-refractivity contribution in [1.29, 1.82) is 5.41 Å². The Morgan fingerprint density at radius 1 is 1.07 bits per heavy atom. The zero-order valence-electron chi connectivity index (χ0n) is 13.9. The van der Waals surface area contributed by atoms with Gasteiger partial charge in [-0.2, -0.15) is 0 Å². The summed E-state index contributed by atoms with van der Waals surface area (Å²) in [5.41, 5.74) is -0.435. The monoisotopic (exact) mass is 394 g/mol. The van der Waals surface area contributed by atoms with Gasteiger partial charge in [-0.3, -0.25) is 0 Å². The van der Waals surface area contributed by atoms with Crippen LogP contribution in [0.2, 0.25) is 0 Å². The number of ether oxygens (including phenoxy) is 1. The Balaban J connectivity index is 2.37. The molecule has 0 bridgehead atoms. The van der Waals surface area contributed by atoms with Gasteiger partial charge in [0.05, 0.1) is 17.6 Å². The lowest BCUT2D eigenvalue weighted by Crippen LogP contribution is -2.14. The van der Waals surface area contributed by atoms with Gasteiger partial charge < -0.3 is 10.1 Å². The first-order valence-corrected chi connectivity index (χ1v) is 9.00. The molecule has 3 aromatic rings. The van der Waals surface area contributed by atoms with Gasteiger partial charge in [0.25, 0.3) is 10.0 Å². The van der Waals surface area contributed by atoms with Gasteiger partial charge in [0.1, 0.15) is 23.1 Å². The minimum Gasteiger partial charge on any atom is -0.494 e. The van der Waals surface area contributed by atoms with Crippen molar-refractivity contribution in [3.8, 4) is 17.0 Å². The van der Waals surface area contributed by atoms with Crippen LogP contribution in [0.3, 0.4) is 0 Å². The Bertz CT molecular complexity index is 1140. The standard InChI is InChI=1S/C18H13F3N2O3S/c1-26-18-11(9-22)10-23(17(18)15-6-5-13(20)8-16(15)21)27(24,25)14-4-2-3-12(19)7-14/h2-10,22H,1H3. The number of halogens is 3. The second-order valence-corrected chi connectivity index (χ2v) is 7.31. The highest BCUT2D eigenvalue weighted by Crippen LogP contribution is 2.38. The lowest BCUT2D eigenvalue weighted by Gasteiger charge is -2.13. The molecule has 0 aliphatic rings. The van der Waals surface area contributed by atoms with E-state index in [-0.39, 0.29) is 27.5 Å². The van der Waals surface area contributed by atoms with Crippen LogP contribution in [0.5, 0.6) is 5.75 Å². The van der Waals surface area contributed by atoms with Crippen molar-refractivity contribution in [3.63, 3.8) is 0 Å². The van der Waals surface area contributed by atoms with Gasteiger partial charge in [-0.1, -0.05) is 6.07 Å². The smallest absolute Gasteiger partial charge is 0.268 e. The number of hydrogen-bond donors (Lipinski definition) is 1. The van der Waals surface area contributed by atoms with E-state index in [2.05, 4.69) is 0 Å². The number of nitrogens with zero attached hydrogens (tertiary/aromatic N) is 1. The van der Waals surface area contributed by atoms with E-state index in [1.807, 2.05) is 0 Å². The van der Waals surface area contributed by atoms with Crippen LogP contribution >= 0.6 is 0 Å². The minimum atomic E-state index is -4.36. The molecule has 3 rings (SSSR count). The molecular weight excluding hydrogens is 381 g/mol. The fourth-order valence-electron chi connectivity index (χ4n) is 2.66. The maximum Gasteiger partial charge on any atom is 0.268 e. The van der Waals surface area contributed by atoms with Crippen molar-refractivity contribution in [1.82, 2.24) is 3.97 Å². The molecule has 0 radical (unpaired) electrons. The molecule has 0 saturated heterocycles. The molecule has 1 heterocycles. The second-order valence-electron chi connectivity index (χ2n) is 5.49. The highest BCUT2D eigenvalue weighted by Gasteiger charge is 2.28. The van der Waals surface area contributed by atoms with Crippen LogP contribution in [0.25, 0.3) is 11.3 Å². The first kappa shape index (κ1) is 18.7.